The predicted octanol–water partition coefficient (Wildman–Crippen LogP) is 2.61. The Hall–Kier alpha value is -2.69. The molecule has 0 aliphatic heterocycles. The van der Waals surface area contributed by atoms with Crippen LogP contribution in [0.5, 0.6) is 0 Å². The molecular weight excluding hydrogens is 252 g/mol. The van der Waals surface area contributed by atoms with E-state index < -0.39 is 0 Å². The van der Waals surface area contributed by atoms with Crippen molar-refractivity contribution in [3.05, 3.63) is 59.7 Å². The van der Waals surface area contributed by atoms with Crippen LogP contribution >= 0.6 is 0 Å². The molecule has 0 aliphatic carbocycles. The third-order valence-corrected chi connectivity index (χ3v) is 3.09. The quantitative estimate of drug-likeness (QED) is 0.737. The first kappa shape index (κ1) is 12.3. The van der Waals surface area contributed by atoms with Crippen molar-refractivity contribution in [2.24, 2.45) is 0 Å². The molecule has 100 valence electrons. The van der Waals surface area contributed by atoms with E-state index in [1.165, 1.54) is 0 Å². The summed E-state index contributed by atoms with van der Waals surface area (Å²) in [6.45, 7) is 1.95. The second-order valence-corrected chi connectivity index (χ2v) is 4.55. The van der Waals surface area contributed by atoms with Gasteiger partial charge in [0, 0.05) is 17.6 Å². The van der Waals surface area contributed by atoms with Gasteiger partial charge < -0.3 is 10.3 Å². The topological polar surface area (TPSA) is 77.8 Å². The molecule has 0 spiro atoms. The number of nitrogen functional groups attached to an aromatic ring is 1. The lowest BCUT2D eigenvalue weighted by Crippen LogP contribution is -1.95. The number of benzene rings is 1. The molecule has 2 heterocycles. The van der Waals surface area contributed by atoms with Gasteiger partial charge >= 0.3 is 0 Å². The molecule has 0 saturated heterocycles. The lowest BCUT2D eigenvalue weighted by atomic mass is 10.1. The Labute approximate surface area is 116 Å². The molecular formula is C15H14N4O. The Bertz CT molecular complexity index is 722. The molecule has 3 aromatic rings. The van der Waals surface area contributed by atoms with E-state index in [0.717, 1.165) is 16.8 Å². The van der Waals surface area contributed by atoms with Crippen molar-refractivity contribution in [2.45, 2.75) is 13.3 Å². The van der Waals surface area contributed by atoms with Crippen LogP contribution in [0.1, 0.15) is 17.1 Å². The number of anilines is 1. The monoisotopic (exact) mass is 266 g/mol. The van der Waals surface area contributed by atoms with Crippen LogP contribution in [0.25, 0.3) is 11.5 Å². The van der Waals surface area contributed by atoms with Crippen LogP contribution in [-0.2, 0) is 6.42 Å². The van der Waals surface area contributed by atoms with Gasteiger partial charge in [-0.3, -0.25) is 4.98 Å². The number of para-hydroxylation sites is 1. The highest BCUT2D eigenvalue weighted by atomic mass is 16.5. The van der Waals surface area contributed by atoms with Gasteiger partial charge in [-0.2, -0.15) is 4.98 Å². The fourth-order valence-electron chi connectivity index (χ4n) is 1.97. The maximum absolute atomic E-state index is 6.04. The third kappa shape index (κ3) is 2.38. The lowest BCUT2D eigenvalue weighted by Gasteiger charge is -2.02. The highest BCUT2D eigenvalue weighted by Gasteiger charge is 2.13. The van der Waals surface area contributed by atoms with Crippen molar-refractivity contribution in [1.29, 1.82) is 0 Å². The highest BCUT2D eigenvalue weighted by Crippen LogP contribution is 2.26. The van der Waals surface area contributed by atoms with Crippen LogP contribution in [0.2, 0.25) is 0 Å². The fraction of sp³-hybridized carbons (Fsp3) is 0.133. The van der Waals surface area contributed by atoms with Crippen molar-refractivity contribution in [3.63, 3.8) is 0 Å². The zero-order valence-corrected chi connectivity index (χ0v) is 11.1. The standard InChI is InChI=1S/C15H14N4O/c1-10-5-4-7-12(14(10)16)15-18-13(19-20-15)9-11-6-2-3-8-17-11/h2-8H,9,16H2,1H3. The highest BCUT2D eigenvalue weighted by molar-refractivity contribution is 5.73. The van der Waals surface area contributed by atoms with E-state index in [4.69, 9.17) is 10.3 Å². The summed E-state index contributed by atoms with van der Waals surface area (Å²) in [5, 5.41) is 3.98. The van der Waals surface area contributed by atoms with Crippen LogP contribution in [-0.4, -0.2) is 15.1 Å². The van der Waals surface area contributed by atoms with Crippen LogP contribution in [0.15, 0.2) is 47.1 Å². The zero-order chi connectivity index (χ0) is 13.9. The Morgan fingerprint density at radius 1 is 1.15 bits per heavy atom. The first-order valence-electron chi connectivity index (χ1n) is 6.32. The number of pyridine rings is 1. The summed E-state index contributed by atoms with van der Waals surface area (Å²) in [5.41, 5.74) is 9.36. The SMILES string of the molecule is Cc1cccc(-c2nc(Cc3ccccn3)no2)c1N. The fourth-order valence-corrected chi connectivity index (χ4v) is 1.97. The van der Waals surface area contributed by atoms with Crippen LogP contribution in [0.3, 0.4) is 0 Å². The van der Waals surface area contributed by atoms with Crippen LogP contribution in [0.4, 0.5) is 5.69 Å². The summed E-state index contributed by atoms with van der Waals surface area (Å²) in [5.74, 6) is 1.04. The van der Waals surface area contributed by atoms with Crippen molar-refractivity contribution in [1.82, 2.24) is 15.1 Å². The average molecular weight is 266 g/mol. The maximum Gasteiger partial charge on any atom is 0.260 e. The van der Waals surface area contributed by atoms with Gasteiger partial charge in [-0.05, 0) is 30.7 Å². The van der Waals surface area contributed by atoms with E-state index in [-0.39, 0.29) is 0 Å². The molecule has 0 saturated carbocycles. The number of hydrogen-bond acceptors (Lipinski definition) is 5. The molecule has 0 atom stereocenters. The van der Waals surface area contributed by atoms with Crippen molar-refractivity contribution < 1.29 is 4.52 Å². The minimum Gasteiger partial charge on any atom is -0.398 e. The largest absolute Gasteiger partial charge is 0.398 e. The summed E-state index contributed by atoms with van der Waals surface area (Å²) in [7, 11) is 0. The number of nitrogens with two attached hydrogens (primary N) is 1. The molecule has 0 amide bonds. The Morgan fingerprint density at radius 2 is 2.05 bits per heavy atom. The number of rotatable bonds is 3. The molecule has 0 aliphatic rings. The minimum atomic E-state index is 0.442. The van der Waals surface area contributed by atoms with Gasteiger partial charge in [0.15, 0.2) is 5.82 Å². The third-order valence-electron chi connectivity index (χ3n) is 3.09. The zero-order valence-electron chi connectivity index (χ0n) is 11.1. The molecule has 3 rings (SSSR count). The Kier molecular flexibility index (Phi) is 3.16. The molecule has 1 aromatic carbocycles. The van der Waals surface area contributed by atoms with Gasteiger partial charge in [0.05, 0.1) is 12.0 Å². The van der Waals surface area contributed by atoms with Gasteiger partial charge in [0.25, 0.3) is 5.89 Å². The number of hydrogen-bond donors (Lipinski definition) is 1. The van der Waals surface area contributed by atoms with E-state index in [0.29, 0.717) is 23.8 Å². The van der Waals surface area contributed by atoms with Crippen LogP contribution in [0, 0.1) is 6.92 Å². The van der Waals surface area contributed by atoms with Gasteiger partial charge in [-0.25, -0.2) is 0 Å². The molecule has 0 fully saturated rings. The molecule has 0 radical (unpaired) electrons. The van der Waals surface area contributed by atoms with Crippen LogP contribution < -0.4 is 5.73 Å². The lowest BCUT2D eigenvalue weighted by molar-refractivity contribution is 0.424. The second-order valence-electron chi connectivity index (χ2n) is 4.55. The average Bonchev–Trinajstić information content (AvgIpc) is 2.91. The van der Waals surface area contributed by atoms with E-state index in [2.05, 4.69) is 15.1 Å². The minimum absolute atomic E-state index is 0.442. The van der Waals surface area contributed by atoms with Crippen molar-refractivity contribution in [2.75, 3.05) is 5.73 Å². The normalized spacial score (nSPS) is 10.7. The predicted molar refractivity (Wildman–Crippen MR) is 75.9 cm³/mol. The van der Waals surface area contributed by atoms with E-state index in [1.807, 2.05) is 43.3 Å². The van der Waals surface area contributed by atoms with Gasteiger partial charge in [0.1, 0.15) is 0 Å². The summed E-state index contributed by atoms with van der Waals surface area (Å²) in [6, 6.07) is 11.5. The van der Waals surface area contributed by atoms with Gasteiger partial charge in [-0.1, -0.05) is 23.4 Å². The summed E-state index contributed by atoms with van der Waals surface area (Å²) in [4.78, 5) is 8.62. The first-order valence-corrected chi connectivity index (χ1v) is 6.32. The Morgan fingerprint density at radius 3 is 2.85 bits per heavy atom. The number of aryl methyl sites for hydroxylation is 1. The molecule has 5 heteroatoms. The van der Waals surface area contributed by atoms with E-state index >= 15 is 0 Å². The first-order chi connectivity index (χ1) is 9.74. The van der Waals surface area contributed by atoms with Crippen molar-refractivity contribution >= 4 is 5.69 Å². The summed E-state index contributed by atoms with van der Waals surface area (Å²) in [6.07, 6.45) is 2.28. The molecule has 2 N–H and O–H groups in total. The van der Waals surface area contributed by atoms with E-state index in [9.17, 15) is 0 Å². The second kappa shape index (κ2) is 5.13. The molecule has 0 bridgehead atoms. The smallest absolute Gasteiger partial charge is 0.260 e. The van der Waals surface area contributed by atoms with Gasteiger partial charge in [-0.15, -0.1) is 0 Å². The summed E-state index contributed by atoms with van der Waals surface area (Å²) < 4.78 is 5.29. The van der Waals surface area contributed by atoms with Gasteiger partial charge in [0.2, 0.25) is 0 Å². The number of aromatic nitrogens is 3. The van der Waals surface area contributed by atoms with E-state index in [1.54, 1.807) is 6.20 Å². The Balaban J connectivity index is 1.89. The molecule has 20 heavy (non-hydrogen) atoms. The number of nitrogens with zero attached hydrogens (tertiary/aromatic N) is 3. The molecule has 5 nitrogen and oxygen atoms in total. The summed E-state index contributed by atoms with van der Waals surface area (Å²) >= 11 is 0. The maximum atomic E-state index is 6.04. The van der Waals surface area contributed by atoms with Crippen molar-refractivity contribution in [3.8, 4) is 11.5 Å². The molecule has 0 unspecified atom stereocenters. The molecule has 2 aromatic heterocycles.